The zero-order chi connectivity index (χ0) is 13.4. The lowest BCUT2D eigenvalue weighted by Crippen LogP contribution is -2.48. The fourth-order valence-corrected chi connectivity index (χ4v) is 3.11. The molecule has 0 radical (unpaired) electrons. The lowest BCUT2D eigenvalue weighted by molar-refractivity contribution is 0.236. The Hall–Kier alpha value is -0.590. The Labute approximate surface area is 113 Å². The van der Waals surface area contributed by atoms with Crippen LogP contribution in [-0.2, 0) is 0 Å². The molecule has 1 fully saturated rings. The minimum absolute atomic E-state index is 0.233. The van der Waals surface area contributed by atoms with Crippen LogP contribution in [0.25, 0.3) is 0 Å². The molecule has 1 aliphatic carbocycles. The van der Waals surface area contributed by atoms with Crippen molar-refractivity contribution in [2.45, 2.75) is 58.4 Å². The molecule has 0 aromatic heterocycles. The van der Waals surface area contributed by atoms with E-state index in [-0.39, 0.29) is 5.54 Å². The highest BCUT2D eigenvalue weighted by molar-refractivity contribution is 5.14. The molecule has 0 spiro atoms. The Morgan fingerprint density at radius 1 is 1.33 bits per heavy atom. The first kappa shape index (κ1) is 15.5. The number of rotatable bonds is 8. The van der Waals surface area contributed by atoms with E-state index in [0.29, 0.717) is 5.92 Å². The van der Waals surface area contributed by atoms with Gasteiger partial charge in [-0.05, 0) is 57.8 Å². The van der Waals surface area contributed by atoms with E-state index in [1.807, 2.05) is 0 Å². The average molecular weight is 251 g/mol. The van der Waals surface area contributed by atoms with Gasteiger partial charge in [0.05, 0.1) is 6.07 Å². The van der Waals surface area contributed by atoms with Gasteiger partial charge in [0.2, 0.25) is 0 Å². The first-order valence-electron chi connectivity index (χ1n) is 7.61. The second-order valence-electron chi connectivity index (χ2n) is 5.41. The fraction of sp³-hybridized carbons (Fsp3) is 0.933. The molecule has 1 rings (SSSR count). The van der Waals surface area contributed by atoms with E-state index >= 15 is 0 Å². The molecule has 3 heteroatoms. The van der Waals surface area contributed by atoms with Crippen LogP contribution >= 0.6 is 0 Å². The molecule has 0 aromatic rings. The van der Waals surface area contributed by atoms with Crippen molar-refractivity contribution in [1.29, 1.82) is 5.26 Å². The van der Waals surface area contributed by atoms with Crippen molar-refractivity contribution in [3.63, 3.8) is 0 Å². The van der Waals surface area contributed by atoms with Gasteiger partial charge in [0.25, 0.3) is 0 Å². The lowest BCUT2D eigenvalue weighted by atomic mass is 9.85. The molecule has 0 amide bonds. The first-order chi connectivity index (χ1) is 8.72. The summed E-state index contributed by atoms with van der Waals surface area (Å²) in [5, 5.41) is 13.1. The smallest absolute Gasteiger partial charge is 0.109 e. The summed E-state index contributed by atoms with van der Waals surface area (Å²) < 4.78 is 0. The molecule has 0 aromatic carbocycles. The number of nitrogens with zero attached hydrogens (tertiary/aromatic N) is 2. The minimum Gasteiger partial charge on any atom is -0.304 e. The molecule has 2 atom stereocenters. The summed E-state index contributed by atoms with van der Waals surface area (Å²) in [5.41, 5.74) is -0.233. The summed E-state index contributed by atoms with van der Waals surface area (Å²) in [7, 11) is 0. The molecular weight excluding hydrogens is 222 g/mol. The average Bonchev–Trinajstić information content (AvgIpc) is 2.81. The Morgan fingerprint density at radius 3 is 2.61 bits per heavy atom. The van der Waals surface area contributed by atoms with Crippen molar-refractivity contribution in [2.75, 3.05) is 26.2 Å². The van der Waals surface area contributed by atoms with Crippen LogP contribution in [0.15, 0.2) is 0 Å². The van der Waals surface area contributed by atoms with Gasteiger partial charge in [0.1, 0.15) is 5.54 Å². The first-order valence-corrected chi connectivity index (χ1v) is 7.61. The summed E-state index contributed by atoms with van der Waals surface area (Å²) in [6.45, 7) is 10.9. The maximum absolute atomic E-state index is 9.57. The molecule has 0 heterocycles. The molecule has 1 saturated carbocycles. The zero-order valence-corrected chi connectivity index (χ0v) is 12.3. The van der Waals surface area contributed by atoms with Crippen molar-refractivity contribution in [3.8, 4) is 6.07 Å². The molecule has 1 aliphatic rings. The van der Waals surface area contributed by atoms with Crippen molar-refractivity contribution < 1.29 is 0 Å². The van der Waals surface area contributed by atoms with E-state index in [9.17, 15) is 5.26 Å². The van der Waals surface area contributed by atoms with Crippen molar-refractivity contribution in [1.82, 2.24) is 10.2 Å². The van der Waals surface area contributed by atoms with E-state index in [1.165, 1.54) is 12.8 Å². The Bertz CT molecular complexity index is 267. The summed E-state index contributed by atoms with van der Waals surface area (Å²) in [5.74, 6) is 0.537. The van der Waals surface area contributed by atoms with E-state index in [0.717, 1.165) is 45.4 Å². The molecule has 0 aliphatic heterocycles. The van der Waals surface area contributed by atoms with Crippen LogP contribution in [0.3, 0.4) is 0 Å². The van der Waals surface area contributed by atoms with Gasteiger partial charge in [-0.3, -0.25) is 5.32 Å². The third kappa shape index (κ3) is 3.70. The molecule has 0 saturated heterocycles. The largest absolute Gasteiger partial charge is 0.304 e. The zero-order valence-electron chi connectivity index (χ0n) is 12.3. The van der Waals surface area contributed by atoms with Gasteiger partial charge < -0.3 is 4.90 Å². The highest BCUT2D eigenvalue weighted by Gasteiger charge is 2.42. The standard InChI is InChI=1S/C15H29N3/c1-4-11-17-15(13-16)10-7-8-14(15)9-12-18(5-2)6-3/h14,17H,4-12H2,1-3H3. The molecule has 18 heavy (non-hydrogen) atoms. The normalized spacial score (nSPS) is 27.6. The highest BCUT2D eigenvalue weighted by atomic mass is 15.1. The predicted molar refractivity (Wildman–Crippen MR) is 76.4 cm³/mol. The summed E-state index contributed by atoms with van der Waals surface area (Å²) >= 11 is 0. The Kier molecular flexibility index (Phi) is 6.67. The summed E-state index contributed by atoms with van der Waals surface area (Å²) in [6, 6.07) is 2.59. The Morgan fingerprint density at radius 2 is 2.06 bits per heavy atom. The summed E-state index contributed by atoms with van der Waals surface area (Å²) in [4.78, 5) is 2.46. The van der Waals surface area contributed by atoms with Crippen LogP contribution < -0.4 is 5.32 Å². The van der Waals surface area contributed by atoms with E-state index in [1.54, 1.807) is 0 Å². The van der Waals surface area contributed by atoms with E-state index in [2.05, 4.69) is 37.1 Å². The van der Waals surface area contributed by atoms with Gasteiger partial charge in [-0.15, -0.1) is 0 Å². The van der Waals surface area contributed by atoms with Crippen LogP contribution in [0.2, 0.25) is 0 Å². The van der Waals surface area contributed by atoms with Gasteiger partial charge >= 0.3 is 0 Å². The van der Waals surface area contributed by atoms with Gasteiger partial charge in [-0.2, -0.15) is 5.26 Å². The molecule has 0 bridgehead atoms. The Balaban J connectivity index is 2.54. The van der Waals surface area contributed by atoms with Crippen molar-refractivity contribution in [3.05, 3.63) is 0 Å². The predicted octanol–water partition coefficient (Wildman–Crippen LogP) is 2.78. The molecule has 1 N–H and O–H groups in total. The van der Waals surface area contributed by atoms with Gasteiger partial charge in [0, 0.05) is 0 Å². The second kappa shape index (κ2) is 7.76. The number of hydrogen-bond donors (Lipinski definition) is 1. The molecule has 104 valence electrons. The maximum atomic E-state index is 9.57. The van der Waals surface area contributed by atoms with Crippen LogP contribution in [0, 0.1) is 17.2 Å². The summed E-state index contributed by atoms with van der Waals surface area (Å²) in [6.07, 6.45) is 5.71. The van der Waals surface area contributed by atoms with Crippen LogP contribution in [0.4, 0.5) is 0 Å². The van der Waals surface area contributed by atoms with Crippen LogP contribution in [0.1, 0.15) is 52.9 Å². The van der Waals surface area contributed by atoms with Gasteiger partial charge in [-0.1, -0.05) is 27.2 Å². The third-order valence-corrected chi connectivity index (χ3v) is 4.40. The molecule has 3 nitrogen and oxygen atoms in total. The number of nitriles is 1. The highest BCUT2D eigenvalue weighted by Crippen LogP contribution is 2.37. The van der Waals surface area contributed by atoms with Crippen LogP contribution in [0.5, 0.6) is 0 Å². The molecule has 2 unspecified atom stereocenters. The molecular formula is C15H29N3. The quantitative estimate of drug-likeness (QED) is 0.721. The topological polar surface area (TPSA) is 39.1 Å². The monoisotopic (exact) mass is 251 g/mol. The van der Waals surface area contributed by atoms with Crippen molar-refractivity contribution >= 4 is 0 Å². The fourth-order valence-electron chi connectivity index (χ4n) is 3.11. The van der Waals surface area contributed by atoms with Gasteiger partial charge in [-0.25, -0.2) is 0 Å². The SMILES string of the molecule is CCCNC1(C#N)CCCC1CCN(CC)CC. The minimum atomic E-state index is -0.233. The second-order valence-corrected chi connectivity index (χ2v) is 5.41. The van der Waals surface area contributed by atoms with Crippen LogP contribution in [-0.4, -0.2) is 36.6 Å². The third-order valence-electron chi connectivity index (χ3n) is 4.40. The van der Waals surface area contributed by atoms with Crippen molar-refractivity contribution in [2.24, 2.45) is 5.92 Å². The van der Waals surface area contributed by atoms with Gasteiger partial charge in [0.15, 0.2) is 0 Å². The number of nitrogens with one attached hydrogen (secondary N) is 1. The maximum Gasteiger partial charge on any atom is 0.109 e. The lowest BCUT2D eigenvalue weighted by Gasteiger charge is -2.31. The number of hydrogen-bond acceptors (Lipinski definition) is 3. The van der Waals surface area contributed by atoms with E-state index in [4.69, 9.17) is 0 Å². The van der Waals surface area contributed by atoms with E-state index < -0.39 is 0 Å².